The summed E-state index contributed by atoms with van der Waals surface area (Å²) >= 11 is 0. The number of hydrogen-bond acceptors (Lipinski definition) is 3. The maximum absolute atomic E-state index is 6.65. The van der Waals surface area contributed by atoms with Gasteiger partial charge >= 0.3 is 0 Å². The molecule has 51 heavy (non-hydrogen) atoms. The number of nitrogens with zero attached hydrogens (tertiary/aromatic N) is 4. The fourth-order valence-corrected chi connectivity index (χ4v) is 8.54. The molecular weight excluding hydrogens is 625 g/mol. The van der Waals surface area contributed by atoms with Crippen LogP contribution in [-0.2, 0) is 0 Å². The van der Waals surface area contributed by atoms with Gasteiger partial charge in [-0.3, -0.25) is 4.57 Å². The maximum Gasteiger partial charge on any atom is 0.235 e. The van der Waals surface area contributed by atoms with Crippen molar-refractivity contribution in [2.24, 2.45) is 0 Å². The van der Waals surface area contributed by atoms with Crippen LogP contribution in [0.3, 0.4) is 0 Å². The summed E-state index contributed by atoms with van der Waals surface area (Å²) in [5.41, 5.74) is 10.1. The zero-order valence-corrected chi connectivity index (χ0v) is 27.2. The Balaban J connectivity index is 1.20. The van der Waals surface area contributed by atoms with E-state index in [-0.39, 0.29) is 0 Å². The minimum absolute atomic E-state index is 0.641. The van der Waals surface area contributed by atoms with Gasteiger partial charge in [0.05, 0.1) is 33.3 Å². The van der Waals surface area contributed by atoms with Gasteiger partial charge in [0.15, 0.2) is 0 Å². The van der Waals surface area contributed by atoms with E-state index in [1.807, 2.05) is 0 Å². The summed E-state index contributed by atoms with van der Waals surface area (Å²) in [4.78, 5) is 10.8. The Morgan fingerprint density at radius 2 is 1.06 bits per heavy atom. The molecule has 0 spiro atoms. The summed E-state index contributed by atoms with van der Waals surface area (Å²) in [5, 5.41) is 10.3. The van der Waals surface area contributed by atoms with E-state index >= 15 is 0 Å². The molecule has 5 nitrogen and oxygen atoms in total. The van der Waals surface area contributed by atoms with Crippen LogP contribution in [0.4, 0.5) is 0 Å². The highest BCUT2D eigenvalue weighted by molar-refractivity contribution is 6.33. The molecule has 0 saturated heterocycles. The molecule has 0 amide bonds. The van der Waals surface area contributed by atoms with E-state index in [1.54, 1.807) is 0 Å². The third-order valence-electron chi connectivity index (χ3n) is 10.7. The molecule has 0 unspecified atom stereocenters. The molecule has 0 aliphatic carbocycles. The normalized spacial score (nSPS) is 12.3. The van der Waals surface area contributed by atoms with Crippen LogP contribution in [0.25, 0.3) is 110 Å². The van der Waals surface area contributed by atoms with Crippen molar-refractivity contribution >= 4 is 87.2 Å². The lowest BCUT2D eigenvalue weighted by molar-refractivity contribution is 0.664. The molecular formula is C46H26N4O. The van der Waals surface area contributed by atoms with Crippen LogP contribution in [0.1, 0.15) is 0 Å². The average molecular weight is 651 g/mol. The summed E-state index contributed by atoms with van der Waals surface area (Å²) < 4.78 is 11.3. The van der Waals surface area contributed by atoms with Gasteiger partial charge in [0.2, 0.25) is 5.95 Å². The van der Waals surface area contributed by atoms with E-state index in [9.17, 15) is 0 Å². The molecule has 8 aromatic carbocycles. The van der Waals surface area contributed by atoms with E-state index < -0.39 is 0 Å². The molecule has 0 N–H and O–H groups in total. The van der Waals surface area contributed by atoms with Gasteiger partial charge in [-0.2, -0.15) is 0 Å². The lowest BCUT2D eigenvalue weighted by Crippen LogP contribution is -2.03. The van der Waals surface area contributed by atoms with Crippen molar-refractivity contribution in [1.29, 1.82) is 0 Å². The van der Waals surface area contributed by atoms with Crippen molar-refractivity contribution < 1.29 is 4.42 Å². The Bertz CT molecular complexity index is 3260. The number of hydrogen-bond donors (Lipinski definition) is 0. The Kier molecular flexibility index (Phi) is 5.17. The monoisotopic (exact) mass is 650 g/mol. The third kappa shape index (κ3) is 3.59. The maximum atomic E-state index is 6.65. The first kappa shape index (κ1) is 26.9. The van der Waals surface area contributed by atoms with Crippen molar-refractivity contribution in [3.05, 3.63) is 158 Å². The summed E-state index contributed by atoms with van der Waals surface area (Å²) in [5.74, 6) is 0.641. The van der Waals surface area contributed by atoms with Crippen molar-refractivity contribution in [1.82, 2.24) is 19.1 Å². The van der Waals surface area contributed by atoms with E-state index in [1.165, 1.54) is 27.1 Å². The van der Waals surface area contributed by atoms with Gasteiger partial charge in [-0.05, 0) is 65.4 Å². The SMILES string of the molecule is c1ccc(-n2c3ccccc3c3ccc(-c4nc(-n5c6ccc7cccc8oc9cccc%10ccc5c(c%109)c6c78)nc5ccccc45)cc32)cc1. The Labute approximate surface area is 290 Å². The summed E-state index contributed by atoms with van der Waals surface area (Å²) in [6, 6.07) is 55.8. The number of benzene rings is 8. The van der Waals surface area contributed by atoms with Crippen molar-refractivity contribution in [2.45, 2.75) is 0 Å². The molecule has 0 atom stereocenters. The average Bonchev–Trinajstić information content (AvgIpc) is 3.65. The van der Waals surface area contributed by atoms with Crippen LogP contribution >= 0.6 is 0 Å². The van der Waals surface area contributed by atoms with Crippen LogP contribution in [0.2, 0.25) is 0 Å². The third-order valence-corrected chi connectivity index (χ3v) is 10.7. The van der Waals surface area contributed by atoms with Gasteiger partial charge < -0.3 is 8.98 Å². The molecule has 4 heterocycles. The van der Waals surface area contributed by atoms with Crippen molar-refractivity contribution in [3.63, 3.8) is 0 Å². The van der Waals surface area contributed by atoms with Gasteiger partial charge in [0, 0.05) is 49.0 Å². The quantitative estimate of drug-likeness (QED) is 0.191. The molecule has 4 aromatic heterocycles. The highest BCUT2D eigenvalue weighted by Crippen LogP contribution is 2.45. The highest BCUT2D eigenvalue weighted by atomic mass is 16.3. The van der Waals surface area contributed by atoms with Gasteiger partial charge in [-0.15, -0.1) is 0 Å². The molecule has 0 bridgehead atoms. The van der Waals surface area contributed by atoms with Gasteiger partial charge in [-0.25, -0.2) is 9.97 Å². The van der Waals surface area contributed by atoms with Gasteiger partial charge in [0.25, 0.3) is 0 Å². The molecule has 0 saturated carbocycles. The lowest BCUT2D eigenvalue weighted by atomic mass is 10.00. The van der Waals surface area contributed by atoms with Gasteiger partial charge in [0.1, 0.15) is 11.2 Å². The van der Waals surface area contributed by atoms with E-state index in [2.05, 4.69) is 167 Å². The minimum atomic E-state index is 0.641. The second-order valence-electron chi connectivity index (χ2n) is 13.4. The topological polar surface area (TPSA) is 48.8 Å². The Morgan fingerprint density at radius 3 is 1.80 bits per heavy atom. The predicted octanol–water partition coefficient (Wildman–Crippen LogP) is 12.0. The molecule has 0 fully saturated rings. The lowest BCUT2D eigenvalue weighted by Gasteiger charge is -2.13. The van der Waals surface area contributed by atoms with Crippen LogP contribution in [0.5, 0.6) is 0 Å². The number of para-hydroxylation sites is 3. The largest absolute Gasteiger partial charge is 0.456 e. The molecule has 236 valence electrons. The first-order valence-electron chi connectivity index (χ1n) is 17.3. The summed E-state index contributed by atoms with van der Waals surface area (Å²) in [7, 11) is 0. The zero-order valence-electron chi connectivity index (χ0n) is 27.2. The molecule has 5 heteroatoms. The molecule has 12 rings (SSSR count). The van der Waals surface area contributed by atoms with E-state index in [4.69, 9.17) is 14.4 Å². The fourth-order valence-electron chi connectivity index (χ4n) is 8.54. The number of rotatable bonds is 3. The van der Waals surface area contributed by atoms with Gasteiger partial charge in [-0.1, -0.05) is 103 Å². The predicted molar refractivity (Wildman–Crippen MR) is 210 cm³/mol. The zero-order chi connectivity index (χ0) is 33.2. The molecule has 0 aliphatic heterocycles. The standard InChI is InChI=1S/C46H26N4O/c1-2-12-30(13-3-1)49-35-17-7-5-14-31(35)32-23-20-29(26-38(32)49)45-33-15-4-6-16-34(33)47-46(48-45)50-36-24-21-27-10-8-18-39-41(27)43(36)44-37(50)25-22-28-11-9-19-40(51-39)42(28)44/h1-26H. The second kappa shape index (κ2) is 9.80. The fraction of sp³-hybridized carbons (Fsp3) is 0. The summed E-state index contributed by atoms with van der Waals surface area (Å²) in [6.07, 6.45) is 0. The first-order chi connectivity index (χ1) is 25.3. The van der Waals surface area contributed by atoms with E-state index in [0.29, 0.717) is 5.95 Å². The van der Waals surface area contributed by atoms with Crippen LogP contribution in [0.15, 0.2) is 162 Å². The molecule has 0 radical (unpaired) electrons. The first-order valence-corrected chi connectivity index (χ1v) is 17.3. The highest BCUT2D eigenvalue weighted by Gasteiger charge is 2.23. The minimum Gasteiger partial charge on any atom is -0.456 e. The number of fused-ring (bicyclic) bond motifs is 4. The smallest absolute Gasteiger partial charge is 0.235 e. The van der Waals surface area contributed by atoms with Crippen LogP contribution < -0.4 is 0 Å². The van der Waals surface area contributed by atoms with E-state index in [0.717, 1.165) is 77.1 Å². The number of aromatic nitrogens is 4. The van der Waals surface area contributed by atoms with Crippen molar-refractivity contribution in [2.75, 3.05) is 0 Å². The Hall–Kier alpha value is -6.98. The van der Waals surface area contributed by atoms with Crippen LogP contribution in [0, 0.1) is 0 Å². The summed E-state index contributed by atoms with van der Waals surface area (Å²) in [6.45, 7) is 0. The van der Waals surface area contributed by atoms with Crippen LogP contribution in [-0.4, -0.2) is 19.1 Å². The molecule has 12 aromatic rings. The molecule has 0 aliphatic rings. The second-order valence-corrected chi connectivity index (χ2v) is 13.4. The van der Waals surface area contributed by atoms with Crippen molar-refractivity contribution in [3.8, 4) is 22.9 Å². The Morgan fingerprint density at radius 1 is 0.412 bits per heavy atom.